The van der Waals surface area contributed by atoms with E-state index in [0.717, 1.165) is 26.9 Å². The molecule has 3 heteroatoms. The molecule has 0 bridgehead atoms. The van der Waals surface area contributed by atoms with Gasteiger partial charge in [0.25, 0.3) is 0 Å². The van der Waals surface area contributed by atoms with Crippen LogP contribution in [0.15, 0.2) is 46.9 Å². The third kappa shape index (κ3) is 3.94. The lowest BCUT2D eigenvalue weighted by atomic mass is 10.0. The molecule has 0 aliphatic carbocycles. The summed E-state index contributed by atoms with van der Waals surface area (Å²) in [4.78, 5) is 12.2. The molecule has 0 heterocycles. The molecule has 20 heavy (non-hydrogen) atoms. The first-order valence-corrected chi connectivity index (χ1v) is 7.27. The quantitative estimate of drug-likeness (QED) is 0.823. The number of carbonyl (C=O) groups excluding carboxylic acids is 1. The second-order valence-electron chi connectivity index (χ2n) is 4.83. The van der Waals surface area contributed by atoms with Gasteiger partial charge < -0.3 is 4.74 Å². The summed E-state index contributed by atoms with van der Waals surface area (Å²) in [5, 5.41) is 0. The zero-order chi connectivity index (χ0) is 14.5. The third-order valence-corrected chi connectivity index (χ3v) is 3.67. The van der Waals surface area contributed by atoms with E-state index >= 15 is 0 Å². The summed E-state index contributed by atoms with van der Waals surface area (Å²) in [6.45, 7) is 2.02. The summed E-state index contributed by atoms with van der Waals surface area (Å²) in [7, 11) is 1.63. The molecule has 2 nitrogen and oxygen atoms in total. The van der Waals surface area contributed by atoms with Gasteiger partial charge >= 0.3 is 0 Å². The number of hydrogen-bond donors (Lipinski definition) is 0. The van der Waals surface area contributed by atoms with Crippen LogP contribution in [-0.2, 0) is 17.6 Å². The van der Waals surface area contributed by atoms with E-state index in [1.54, 1.807) is 7.11 Å². The summed E-state index contributed by atoms with van der Waals surface area (Å²) in [6, 6.07) is 13.8. The van der Waals surface area contributed by atoms with E-state index in [4.69, 9.17) is 4.74 Å². The van der Waals surface area contributed by atoms with Crippen molar-refractivity contribution in [3.8, 4) is 5.75 Å². The summed E-state index contributed by atoms with van der Waals surface area (Å²) in [5.74, 6) is 0.968. The van der Waals surface area contributed by atoms with E-state index in [0.29, 0.717) is 12.8 Å². The van der Waals surface area contributed by atoms with Gasteiger partial charge in [-0.25, -0.2) is 0 Å². The number of Topliss-reactive ketones (excluding diaryl/α,β-unsaturated/α-hetero) is 1. The number of rotatable bonds is 5. The minimum Gasteiger partial charge on any atom is -0.496 e. The van der Waals surface area contributed by atoms with Crippen molar-refractivity contribution in [3.63, 3.8) is 0 Å². The average Bonchev–Trinajstić information content (AvgIpc) is 2.41. The number of hydrogen-bond acceptors (Lipinski definition) is 2. The topological polar surface area (TPSA) is 26.3 Å². The largest absolute Gasteiger partial charge is 0.496 e. The Morgan fingerprint density at radius 2 is 1.80 bits per heavy atom. The van der Waals surface area contributed by atoms with Gasteiger partial charge in [0.15, 0.2) is 0 Å². The van der Waals surface area contributed by atoms with E-state index in [-0.39, 0.29) is 5.78 Å². The predicted molar refractivity (Wildman–Crippen MR) is 84.3 cm³/mol. The Labute approximate surface area is 127 Å². The van der Waals surface area contributed by atoms with Crippen LogP contribution in [0.1, 0.15) is 16.7 Å². The van der Waals surface area contributed by atoms with Gasteiger partial charge in [-0.1, -0.05) is 45.8 Å². The van der Waals surface area contributed by atoms with Crippen molar-refractivity contribution in [2.24, 2.45) is 0 Å². The van der Waals surface area contributed by atoms with E-state index in [1.807, 2.05) is 49.4 Å². The molecule has 0 unspecified atom stereocenters. The highest BCUT2D eigenvalue weighted by atomic mass is 79.9. The molecule has 2 rings (SSSR count). The smallest absolute Gasteiger partial charge is 0.141 e. The van der Waals surface area contributed by atoms with E-state index in [2.05, 4.69) is 15.9 Å². The van der Waals surface area contributed by atoms with Crippen LogP contribution in [0.5, 0.6) is 5.75 Å². The normalized spacial score (nSPS) is 10.3. The molecular weight excluding hydrogens is 316 g/mol. The van der Waals surface area contributed by atoms with Gasteiger partial charge in [-0.15, -0.1) is 0 Å². The van der Waals surface area contributed by atoms with Crippen LogP contribution in [-0.4, -0.2) is 12.9 Å². The van der Waals surface area contributed by atoms with Gasteiger partial charge in [-0.2, -0.15) is 0 Å². The maximum absolute atomic E-state index is 12.2. The lowest BCUT2D eigenvalue weighted by molar-refractivity contribution is -0.117. The molecule has 0 saturated carbocycles. The Morgan fingerprint density at radius 3 is 2.45 bits per heavy atom. The minimum absolute atomic E-state index is 0.191. The molecule has 0 radical (unpaired) electrons. The number of ketones is 1. The van der Waals surface area contributed by atoms with Crippen LogP contribution in [0.25, 0.3) is 0 Å². The monoisotopic (exact) mass is 332 g/mol. The van der Waals surface area contributed by atoms with Crippen molar-refractivity contribution < 1.29 is 9.53 Å². The molecule has 0 saturated heterocycles. The van der Waals surface area contributed by atoms with Crippen molar-refractivity contribution in [2.75, 3.05) is 7.11 Å². The summed E-state index contributed by atoms with van der Waals surface area (Å²) in [6.07, 6.45) is 0.852. The van der Waals surface area contributed by atoms with Gasteiger partial charge in [0.2, 0.25) is 0 Å². The van der Waals surface area contributed by atoms with Crippen LogP contribution in [0, 0.1) is 6.92 Å². The number of aryl methyl sites for hydroxylation is 1. The predicted octanol–water partition coefficient (Wildman–Crippen LogP) is 4.12. The molecule has 0 N–H and O–H groups in total. The first-order chi connectivity index (χ1) is 9.58. The second-order valence-corrected chi connectivity index (χ2v) is 5.75. The first-order valence-electron chi connectivity index (χ1n) is 6.48. The number of ether oxygens (including phenoxy) is 1. The highest BCUT2D eigenvalue weighted by Crippen LogP contribution is 2.21. The molecule has 2 aromatic carbocycles. The molecule has 0 spiro atoms. The Balaban J connectivity index is 2.08. The Morgan fingerprint density at radius 1 is 1.10 bits per heavy atom. The standard InChI is InChI=1S/C17H17BrO2/c1-12-3-8-17(20-2)14(9-12)11-16(19)10-13-4-6-15(18)7-5-13/h3-9H,10-11H2,1-2H3. The Bertz CT molecular complexity index is 603. The number of halogens is 1. The maximum atomic E-state index is 12.2. The minimum atomic E-state index is 0.191. The molecule has 0 aromatic heterocycles. The van der Waals surface area contributed by atoms with Gasteiger partial charge in [0.05, 0.1) is 7.11 Å². The molecule has 2 aromatic rings. The van der Waals surface area contributed by atoms with Crippen molar-refractivity contribution >= 4 is 21.7 Å². The molecule has 0 aliphatic rings. The summed E-state index contributed by atoms with van der Waals surface area (Å²) >= 11 is 3.39. The zero-order valence-electron chi connectivity index (χ0n) is 11.7. The average molecular weight is 333 g/mol. The fourth-order valence-electron chi connectivity index (χ4n) is 2.15. The fourth-order valence-corrected chi connectivity index (χ4v) is 2.41. The number of methoxy groups -OCH3 is 1. The lowest BCUT2D eigenvalue weighted by Gasteiger charge is -2.09. The van der Waals surface area contributed by atoms with Gasteiger partial charge in [-0.05, 0) is 30.7 Å². The Hall–Kier alpha value is -1.61. The molecule has 0 aliphatic heterocycles. The molecular formula is C17H17BrO2. The van der Waals surface area contributed by atoms with Gasteiger partial charge in [0.1, 0.15) is 11.5 Å². The van der Waals surface area contributed by atoms with Crippen molar-refractivity contribution in [3.05, 3.63) is 63.6 Å². The molecule has 0 fully saturated rings. The van der Waals surface area contributed by atoms with Gasteiger partial charge in [0, 0.05) is 22.9 Å². The second kappa shape index (κ2) is 6.71. The van der Waals surface area contributed by atoms with Crippen molar-refractivity contribution in [1.29, 1.82) is 0 Å². The van der Waals surface area contributed by atoms with E-state index in [9.17, 15) is 4.79 Å². The zero-order valence-corrected chi connectivity index (χ0v) is 13.2. The van der Waals surface area contributed by atoms with Crippen LogP contribution in [0.4, 0.5) is 0 Å². The van der Waals surface area contributed by atoms with Gasteiger partial charge in [-0.3, -0.25) is 4.79 Å². The molecule has 0 amide bonds. The van der Waals surface area contributed by atoms with Crippen LogP contribution >= 0.6 is 15.9 Å². The van der Waals surface area contributed by atoms with Crippen molar-refractivity contribution in [1.82, 2.24) is 0 Å². The molecule has 104 valence electrons. The lowest BCUT2D eigenvalue weighted by Crippen LogP contribution is -2.07. The van der Waals surface area contributed by atoms with E-state index < -0.39 is 0 Å². The third-order valence-electron chi connectivity index (χ3n) is 3.14. The fraction of sp³-hybridized carbons (Fsp3) is 0.235. The van der Waals surface area contributed by atoms with Crippen LogP contribution in [0.3, 0.4) is 0 Å². The highest BCUT2D eigenvalue weighted by Gasteiger charge is 2.10. The Kier molecular flexibility index (Phi) is 4.96. The van der Waals surface area contributed by atoms with Crippen LogP contribution < -0.4 is 4.74 Å². The maximum Gasteiger partial charge on any atom is 0.141 e. The van der Waals surface area contributed by atoms with Crippen molar-refractivity contribution in [2.45, 2.75) is 19.8 Å². The first kappa shape index (κ1) is 14.8. The number of benzene rings is 2. The summed E-state index contributed by atoms with van der Waals surface area (Å²) < 4.78 is 6.33. The summed E-state index contributed by atoms with van der Waals surface area (Å²) in [5.41, 5.74) is 3.12. The van der Waals surface area contributed by atoms with Crippen LogP contribution in [0.2, 0.25) is 0 Å². The molecule has 0 atom stereocenters. The number of carbonyl (C=O) groups is 1. The SMILES string of the molecule is COc1ccc(C)cc1CC(=O)Cc1ccc(Br)cc1. The highest BCUT2D eigenvalue weighted by molar-refractivity contribution is 9.10. The van der Waals surface area contributed by atoms with E-state index in [1.165, 1.54) is 0 Å².